The molecule has 2 amide bonds. The highest BCUT2D eigenvalue weighted by Crippen LogP contribution is 2.37. The molecular weight excluding hydrogens is 577 g/mol. The Labute approximate surface area is 232 Å². The average molecular weight is 591 g/mol. The molecule has 0 radical (unpaired) electrons. The van der Waals surface area contributed by atoms with Gasteiger partial charge in [0.2, 0.25) is 0 Å². The third-order valence-electron chi connectivity index (χ3n) is 5.31. The van der Waals surface area contributed by atoms with Crippen LogP contribution in [0.2, 0.25) is 0 Å². The lowest BCUT2D eigenvalue weighted by atomic mass is 10.1. The predicted molar refractivity (Wildman–Crippen MR) is 149 cm³/mol. The van der Waals surface area contributed by atoms with Gasteiger partial charge < -0.3 is 10.2 Å². The standard InChI is InChI=1S/C22H14N4O8S4/c27-15-3-1-13(25(31)32)7-11(15)9-17-19(29)23(21(35)37-17)5-6-24-20(30)18(38-22(24)36)10-12-8-14(26(33)34)2-4-16(12)28/h1-4,7-10,27-28H,5-6H2. The summed E-state index contributed by atoms with van der Waals surface area (Å²) in [5, 5.41) is 42.1. The van der Waals surface area contributed by atoms with Gasteiger partial charge in [-0.15, -0.1) is 0 Å². The SMILES string of the molecule is O=C1C(=Cc2cc([N+](=O)[O-])ccc2O)SC(=S)N1CCN1C(=O)C(=Cc2cc([N+](=O)[O-])ccc2O)SC1=S. The predicted octanol–water partition coefficient (Wildman–Crippen LogP) is 4.02. The lowest BCUT2D eigenvalue weighted by Crippen LogP contribution is -2.39. The van der Waals surface area contributed by atoms with Gasteiger partial charge in [-0.2, -0.15) is 0 Å². The average Bonchev–Trinajstić information content (AvgIpc) is 3.28. The summed E-state index contributed by atoms with van der Waals surface area (Å²) in [5.41, 5.74) is -0.367. The molecule has 2 fully saturated rings. The third-order valence-corrected chi connectivity index (χ3v) is 8.07. The van der Waals surface area contributed by atoms with Crippen molar-refractivity contribution in [1.29, 1.82) is 0 Å². The summed E-state index contributed by atoms with van der Waals surface area (Å²) < 4.78 is 0.377. The van der Waals surface area contributed by atoms with Crippen LogP contribution in [0.4, 0.5) is 11.4 Å². The maximum absolute atomic E-state index is 12.9. The molecule has 194 valence electrons. The fourth-order valence-electron chi connectivity index (χ4n) is 3.41. The summed E-state index contributed by atoms with van der Waals surface area (Å²) in [4.78, 5) is 49.5. The molecule has 2 heterocycles. The first-order chi connectivity index (χ1) is 18.0. The van der Waals surface area contributed by atoms with Gasteiger partial charge >= 0.3 is 0 Å². The van der Waals surface area contributed by atoms with Crippen LogP contribution in [0.5, 0.6) is 11.5 Å². The van der Waals surface area contributed by atoms with E-state index in [1.807, 2.05) is 0 Å². The van der Waals surface area contributed by atoms with Crippen molar-refractivity contribution in [3.8, 4) is 11.5 Å². The number of aromatic hydroxyl groups is 2. The van der Waals surface area contributed by atoms with Crippen LogP contribution in [0.1, 0.15) is 11.1 Å². The van der Waals surface area contributed by atoms with Crippen molar-refractivity contribution in [2.45, 2.75) is 0 Å². The summed E-state index contributed by atoms with van der Waals surface area (Å²) in [6, 6.07) is 6.84. The summed E-state index contributed by atoms with van der Waals surface area (Å²) in [7, 11) is 0. The Balaban J connectivity index is 1.48. The lowest BCUT2D eigenvalue weighted by Gasteiger charge is -2.19. The number of rotatable bonds is 7. The molecule has 0 bridgehead atoms. The number of nitro groups is 2. The molecule has 2 aliphatic heterocycles. The molecule has 0 atom stereocenters. The molecule has 0 aliphatic carbocycles. The van der Waals surface area contributed by atoms with Crippen molar-refractivity contribution in [3.63, 3.8) is 0 Å². The number of thiocarbonyl (C=S) groups is 2. The highest BCUT2D eigenvalue weighted by molar-refractivity contribution is 8.27. The number of carbonyl (C=O) groups is 2. The minimum atomic E-state index is -0.626. The van der Waals surface area contributed by atoms with Crippen LogP contribution in [0.25, 0.3) is 12.2 Å². The molecule has 2 N–H and O–H groups in total. The van der Waals surface area contributed by atoms with E-state index < -0.39 is 21.7 Å². The van der Waals surface area contributed by atoms with Crippen molar-refractivity contribution in [2.75, 3.05) is 13.1 Å². The van der Waals surface area contributed by atoms with E-state index >= 15 is 0 Å². The van der Waals surface area contributed by atoms with Gasteiger partial charge in [-0.05, 0) is 24.3 Å². The number of amides is 2. The van der Waals surface area contributed by atoms with E-state index in [-0.39, 0.29) is 65.5 Å². The van der Waals surface area contributed by atoms with Gasteiger partial charge in [0.05, 0.1) is 19.7 Å². The molecule has 38 heavy (non-hydrogen) atoms. The van der Waals surface area contributed by atoms with E-state index in [1.54, 1.807) is 0 Å². The van der Waals surface area contributed by atoms with Crippen LogP contribution in [-0.4, -0.2) is 63.4 Å². The van der Waals surface area contributed by atoms with Crippen LogP contribution >= 0.6 is 48.0 Å². The minimum Gasteiger partial charge on any atom is -0.507 e. The summed E-state index contributed by atoms with van der Waals surface area (Å²) in [6.45, 7) is -0.0184. The number of non-ortho nitro benzene ring substituents is 2. The lowest BCUT2D eigenvalue weighted by molar-refractivity contribution is -0.385. The summed E-state index contributed by atoms with van der Waals surface area (Å²) in [5.74, 6) is -1.51. The van der Waals surface area contributed by atoms with Crippen LogP contribution in [-0.2, 0) is 9.59 Å². The van der Waals surface area contributed by atoms with E-state index in [2.05, 4.69) is 0 Å². The van der Waals surface area contributed by atoms with E-state index in [4.69, 9.17) is 24.4 Å². The van der Waals surface area contributed by atoms with Crippen molar-refractivity contribution in [3.05, 3.63) is 77.6 Å². The second-order valence-electron chi connectivity index (χ2n) is 7.67. The van der Waals surface area contributed by atoms with Crippen molar-refractivity contribution in [2.24, 2.45) is 0 Å². The third kappa shape index (κ3) is 5.52. The van der Waals surface area contributed by atoms with Gasteiger partial charge in [0.25, 0.3) is 23.2 Å². The zero-order chi connectivity index (χ0) is 27.7. The van der Waals surface area contributed by atoms with Crippen LogP contribution in [0.3, 0.4) is 0 Å². The fraction of sp³-hybridized carbons (Fsp3) is 0.0909. The number of nitro benzene ring substituents is 2. The maximum atomic E-state index is 12.9. The molecule has 2 aromatic rings. The largest absolute Gasteiger partial charge is 0.507 e. The zero-order valence-electron chi connectivity index (χ0n) is 18.8. The molecule has 4 rings (SSSR count). The van der Waals surface area contributed by atoms with Gasteiger partial charge in [-0.1, -0.05) is 48.0 Å². The first-order valence-corrected chi connectivity index (χ1v) is 12.9. The van der Waals surface area contributed by atoms with Gasteiger partial charge in [-0.25, -0.2) is 0 Å². The number of thioether (sulfide) groups is 2. The Morgan fingerprint density at radius 1 is 0.763 bits per heavy atom. The number of phenols is 2. The van der Waals surface area contributed by atoms with Gasteiger partial charge in [0.1, 0.15) is 20.1 Å². The molecule has 0 aromatic heterocycles. The number of hydrogen-bond acceptors (Lipinski definition) is 12. The second-order valence-corrected chi connectivity index (χ2v) is 11.0. The summed E-state index contributed by atoms with van der Waals surface area (Å²) in [6.07, 6.45) is 2.60. The number of carbonyl (C=O) groups excluding carboxylic acids is 2. The Morgan fingerprint density at radius 2 is 1.13 bits per heavy atom. The second kappa shape index (κ2) is 10.9. The van der Waals surface area contributed by atoms with Crippen molar-refractivity contribution < 1.29 is 29.6 Å². The van der Waals surface area contributed by atoms with E-state index in [9.17, 15) is 40.0 Å². The molecule has 2 saturated heterocycles. The molecule has 2 aromatic carbocycles. The fourth-order valence-corrected chi connectivity index (χ4v) is 6.01. The van der Waals surface area contributed by atoms with Crippen molar-refractivity contribution >= 4 is 91.9 Å². The molecule has 2 aliphatic rings. The van der Waals surface area contributed by atoms with E-state index in [0.717, 1.165) is 59.9 Å². The van der Waals surface area contributed by atoms with Gasteiger partial charge in [-0.3, -0.25) is 39.6 Å². The number of phenolic OH excluding ortho intramolecular Hbond substituents is 2. The van der Waals surface area contributed by atoms with E-state index in [1.165, 1.54) is 22.0 Å². The molecule has 0 saturated carbocycles. The van der Waals surface area contributed by atoms with Crippen LogP contribution in [0, 0.1) is 20.2 Å². The first-order valence-electron chi connectivity index (χ1n) is 10.4. The minimum absolute atomic E-state index is 0.00922. The normalized spacial score (nSPS) is 17.8. The number of nitrogens with zero attached hydrogens (tertiary/aromatic N) is 4. The zero-order valence-corrected chi connectivity index (χ0v) is 22.1. The highest BCUT2D eigenvalue weighted by atomic mass is 32.2. The van der Waals surface area contributed by atoms with E-state index in [0.29, 0.717) is 0 Å². The smallest absolute Gasteiger partial charge is 0.270 e. The Bertz CT molecular complexity index is 1390. The van der Waals surface area contributed by atoms with Crippen LogP contribution < -0.4 is 0 Å². The molecule has 0 spiro atoms. The van der Waals surface area contributed by atoms with Crippen LogP contribution in [0.15, 0.2) is 46.2 Å². The van der Waals surface area contributed by atoms with Crippen molar-refractivity contribution in [1.82, 2.24) is 9.80 Å². The quantitative estimate of drug-likeness (QED) is 0.206. The highest BCUT2D eigenvalue weighted by Gasteiger charge is 2.36. The number of hydrogen-bond donors (Lipinski definition) is 2. The number of benzene rings is 2. The van der Waals surface area contributed by atoms with Gasteiger partial charge in [0, 0.05) is 48.5 Å². The molecule has 0 unspecified atom stereocenters. The topological polar surface area (TPSA) is 167 Å². The monoisotopic (exact) mass is 590 g/mol. The molecule has 16 heteroatoms. The van der Waals surface area contributed by atoms with Gasteiger partial charge in [0.15, 0.2) is 0 Å². The maximum Gasteiger partial charge on any atom is 0.270 e. The Kier molecular flexibility index (Phi) is 7.77. The Hall–Kier alpha value is -3.86. The Morgan fingerprint density at radius 3 is 1.47 bits per heavy atom. The molecule has 12 nitrogen and oxygen atoms in total. The first kappa shape index (κ1) is 27.2. The molecular formula is C22H14N4O8S4. The summed E-state index contributed by atoms with van der Waals surface area (Å²) >= 11 is 12.5.